The van der Waals surface area contributed by atoms with Crippen LogP contribution in [0.1, 0.15) is 0 Å². The monoisotopic (exact) mass is 299 g/mol. The molecule has 3 aromatic rings. The Morgan fingerprint density at radius 2 is 1.82 bits per heavy atom. The molecule has 2 N–H and O–H groups in total. The number of aromatic nitrogens is 3. The first-order chi connectivity index (χ1) is 10.5. The SMILES string of the molecule is Cn1c(N=Nc2c(O)[nH]c3ccccc23)cc(=O)n(C)c1=O. The molecule has 8 heteroatoms. The minimum atomic E-state index is -0.496. The van der Waals surface area contributed by atoms with Gasteiger partial charge in [-0.25, -0.2) is 4.79 Å². The average Bonchev–Trinajstić information content (AvgIpc) is 2.83. The first-order valence-corrected chi connectivity index (χ1v) is 6.47. The van der Waals surface area contributed by atoms with Crippen molar-refractivity contribution in [3.8, 4) is 5.88 Å². The van der Waals surface area contributed by atoms with E-state index in [0.29, 0.717) is 10.9 Å². The summed E-state index contributed by atoms with van der Waals surface area (Å²) in [5.74, 6) is -0.0171. The van der Waals surface area contributed by atoms with E-state index in [-0.39, 0.29) is 17.4 Å². The van der Waals surface area contributed by atoms with Gasteiger partial charge in [0, 0.05) is 25.5 Å². The van der Waals surface area contributed by atoms with Crippen molar-refractivity contribution in [1.82, 2.24) is 14.1 Å². The predicted molar refractivity (Wildman–Crippen MR) is 81.1 cm³/mol. The number of aromatic amines is 1. The summed E-state index contributed by atoms with van der Waals surface area (Å²) >= 11 is 0. The molecule has 0 saturated carbocycles. The Labute approximate surface area is 124 Å². The molecule has 0 spiro atoms. The molecule has 0 radical (unpaired) electrons. The van der Waals surface area contributed by atoms with Gasteiger partial charge in [0.15, 0.2) is 11.5 Å². The molecule has 2 aromatic heterocycles. The molecule has 0 unspecified atom stereocenters. The van der Waals surface area contributed by atoms with Gasteiger partial charge in [0.05, 0.1) is 5.52 Å². The smallest absolute Gasteiger partial charge is 0.332 e. The summed E-state index contributed by atoms with van der Waals surface area (Å²) < 4.78 is 2.18. The zero-order valence-electron chi connectivity index (χ0n) is 11.9. The summed E-state index contributed by atoms with van der Waals surface area (Å²) in [6, 6.07) is 8.41. The number of rotatable bonds is 2. The molecule has 0 bridgehead atoms. The molecular weight excluding hydrogens is 286 g/mol. The summed E-state index contributed by atoms with van der Waals surface area (Å²) in [4.78, 5) is 26.2. The highest BCUT2D eigenvalue weighted by Crippen LogP contribution is 2.35. The Kier molecular flexibility index (Phi) is 3.13. The average molecular weight is 299 g/mol. The zero-order chi connectivity index (χ0) is 15.9. The van der Waals surface area contributed by atoms with E-state index in [9.17, 15) is 14.7 Å². The molecule has 0 atom stereocenters. The number of H-pyrrole nitrogens is 1. The number of aromatic hydroxyl groups is 1. The third kappa shape index (κ3) is 2.10. The van der Waals surface area contributed by atoms with Crippen molar-refractivity contribution in [2.24, 2.45) is 24.3 Å². The summed E-state index contributed by atoms with van der Waals surface area (Å²) in [5, 5.41) is 18.5. The van der Waals surface area contributed by atoms with Crippen molar-refractivity contribution in [2.75, 3.05) is 0 Å². The number of nitrogens with one attached hydrogen (secondary N) is 1. The maximum absolute atomic E-state index is 11.8. The van der Waals surface area contributed by atoms with Crippen molar-refractivity contribution in [3.63, 3.8) is 0 Å². The fourth-order valence-electron chi connectivity index (χ4n) is 2.13. The fourth-order valence-corrected chi connectivity index (χ4v) is 2.13. The molecule has 2 heterocycles. The highest BCUT2D eigenvalue weighted by atomic mass is 16.3. The van der Waals surface area contributed by atoms with Gasteiger partial charge in [-0.15, -0.1) is 10.2 Å². The third-order valence-corrected chi connectivity index (χ3v) is 3.41. The third-order valence-electron chi connectivity index (χ3n) is 3.41. The zero-order valence-corrected chi connectivity index (χ0v) is 11.9. The Hall–Kier alpha value is -3.16. The van der Waals surface area contributed by atoms with E-state index in [1.165, 1.54) is 24.7 Å². The number of para-hydroxylation sites is 1. The Bertz CT molecular complexity index is 1010. The van der Waals surface area contributed by atoms with E-state index >= 15 is 0 Å². The van der Waals surface area contributed by atoms with Crippen LogP contribution in [0, 0.1) is 0 Å². The van der Waals surface area contributed by atoms with Gasteiger partial charge in [-0.3, -0.25) is 13.9 Å². The number of hydrogen-bond acceptors (Lipinski definition) is 5. The van der Waals surface area contributed by atoms with Gasteiger partial charge in [-0.1, -0.05) is 18.2 Å². The molecule has 3 rings (SSSR count). The number of hydrogen-bond donors (Lipinski definition) is 2. The van der Waals surface area contributed by atoms with Crippen molar-refractivity contribution >= 4 is 22.4 Å². The van der Waals surface area contributed by atoms with Crippen LogP contribution in [0.3, 0.4) is 0 Å². The van der Waals surface area contributed by atoms with Gasteiger partial charge >= 0.3 is 5.69 Å². The molecule has 0 aliphatic carbocycles. The molecule has 0 saturated heterocycles. The van der Waals surface area contributed by atoms with Crippen LogP contribution in [0.4, 0.5) is 11.5 Å². The van der Waals surface area contributed by atoms with Crippen LogP contribution in [0.25, 0.3) is 10.9 Å². The summed E-state index contributed by atoms with van der Waals surface area (Å²) in [7, 11) is 2.88. The molecule has 0 aliphatic rings. The summed E-state index contributed by atoms with van der Waals surface area (Å²) in [6.45, 7) is 0. The summed E-state index contributed by atoms with van der Waals surface area (Å²) in [5.41, 5.74) is 0.000313. The van der Waals surface area contributed by atoms with Gasteiger partial charge in [-0.05, 0) is 6.07 Å². The summed E-state index contributed by atoms with van der Waals surface area (Å²) in [6.07, 6.45) is 0. The van der Waals surface area contributed by atoms with E-state index in [1.807, 2.05) is 12.1 Å². The predicted octanol–water partition coefficient (Wildman–Crippen LogP) is 1.69. The van der Waals surface area contributed by atoms with Crippen molar-refractivity contribution in [2.45, 2.75) is 0 Å². The molecule has 0 aliphatic heterocycles. The highest BCUT2D eigenvalue weighted by Gasteiger charge is 2.10. The fraction of sp³-hybridized carbons (Fsp3) is 0.143. The van der Waals surface area contributed by atoms with Crippen LogP contribution in [-0.2, 0) is 14.1 Å². The van der Waals surface area contributed by atoms with Crippen molar-refractivity contribution in [1.29, 1.82) is 0 Å². The Morgan fingerprint density at radius 1 is 1.09 bits per heavy atom. The lowest BCUT2D eigenvalue weighted by Gasteiger charge is -2.03. The molecule has 8 nitrogen and oxygen atoms in total. The Morgan fingerprint density at radius 3 is 2.59 bits per heavy atom. The lowest BCUT2D eigenvalue weighted by Crippen LogP contribution is -2.35. The van der Waals surface area contributed by atoms with E-state index in [4.69, 9.17) is 0 Å². The second-order valence-electron chi connectivity index (χ2n) is 4.81. The minimum Gasteiger partial charge on any atom is -0.493 e. The molecule has 112 valence electrons. The molecule has 0 amide bonds. The van der Waals surface area contributed by atoms with Crippen molar-refractivity contribution < 1.29 is 5.11 Å². The van der Waals surface area contributed by atoms with Gasteiger partial charge < -0.3 is 10.1 Å². The lowest BCUT2D eigenvalue weighted by molar-refractivity contribution is 0.459. The second-order valence-corrected chi connectivity index (χ2v) is 4.81. The first kappa shape index (κ1) is 13.8. The maximum Gasteiger partial charge on any atom is 0.332 e. The molecule has 1 aromatic carbocycles. The van der Waals surface area contributed by atoms with Gasteiger partial charge in [0.2, 0.25) is 5.88 Å². The van der Waals surface area contributed by atoms with Crippen LogP contribution in [-0.4, -0.2) is 19.2 Å². The molecule has 0 fully saturated rings. The van der Waals surface area contributed by atoms with Crippen LogP contribution in [0.2, 0.25) is 0 Å². The van der Waals surface area contributed by atoms with E-state index in [0.717, 1.165) is 4.57 Å². The van der Waals surface area contributed by atoms with E-state index < -0.39 is 11.2 Å². The number of fused-ring (bicyclic) bond motifs is 1. The quantitative estimate of drug-likeness (QED) is 0.703. The number of azo groups is 1. The van der Waals surface area contributed by atoms with Gasteiger partial charge in [0.1, 0.15) is 0 Å². The normalized spacial score (nSPS) is 11.5. The van der Waals surface area contributed by atoms with Gasteiger partial charge in [0.25, 0.3) is 5.56 Å². The topological polar surface area (TPSA) is 105 Å². The molecule has 22 heavy (non-hydrogen) atoms. The Balaban J connectivity index is 2.13. The van der Waals surface area contributed by atoms with E-state index in [1.54, 1.807) is 12.1 Å². The van der Waals surface area contributed by atoms with Crippen LogP contribution < -0.4 is 11.2 Å². The van der Waals surface area contributed by atoms with E-state index in [2.05, 4.69) is 15.2 Å². The first-order valence-electron chi connectivity index (χ1n) is 6.47. The van der Waals surface area contributed by atoms with Crippen LogP contribution in [0.5, 0.6) is 5.88 Å². The second kappa shape index (κ2) is 4.99. The van der Waals surface area contributed by atoms with Crippen LogP contribution in [0.15, 0.2) is 50.1 Å². The van der Waals surface area contributed by atoms with Crippen LogP contribution >= 0.6 is 0 Å². The number of benzene rings is 1. The minimum absolute atomic E-state index is 0.109. The van der Waals surface area contributed by atoms with Gasteiger partial charge in [-0.2, -0.15) is 0 Å². The standard InChI is InChI=1S/C14H13N5O3/c1-18-10(7-11(20)19(2)14(18)22)16-17-12-8-5-3-4-6-9(8)15-13(12)21/h3-7,15,21H,1-2H3. The maximum atomic E-state index is 11.8. The van der Waals surface area contributed by atoms with Crippen molar-refractivity contribution in [3.05, 3.63) is 51.2 Å². The lowest BCUT2D eigenvalue weighted by atomic mass is 10.2. The highest BCUT2D eigenvalue weighted by molar-refractivity contribution is 5.94. The number of nitrogens with zero attached hydrogens (tertiary/aromatic N) is 4. The largest absolute Gasteiger partial charge is 0.493 e. The molecular formula is C14H13N5O3.